The van der Waals surface area contributed by atoms with E-state index < -0.39 is 6.29 Å². The van der Waals surface area contributed by atoms with E-state index in [1.807, 2.05) is 32.9 Å². The number of anilines is 1. The van der Waals surface area contributed by atoms with Crippen LogP contribution in [-0.4, -0.2) is 36.1 Å². The molecule has 1 aromatic heterocycles. The van der Waals surface area contributed by atoms with Crippen LogP contribution in [0.2, 0.25) is 0 Å². The van der Waals surface area contributed by atoms with Crippen LogP contribution in [0.3, 0.4) is 0 Å². The second-order valence-electron chi connectivity index (χ2n) is 5.12. The van der Waals surface area contributed by atoms with Crippen molar-refractivity contribution in [2.45, 2.75) is 27.1 Å². The molecule has 2 N–H and O–H groups in total. The third-order valence-electron chi connectivity index (χ3n) is 3.33. The lowest BCUT2D eigenvalue weighted by Crippen LogP contribution is -2.37. The Bertz CT molecular complexity index is 706. The van der Waals surface area contributed by atoms with E-state index >= 15 is 0 Å². The molecule has 0 radical (unpaired) electrons. The second kappa shape index (κ2) is 8.86. The zero-order valence-electron chi connectivity index (χ0n) is 14.1. The minimum absolute atomic E-state index is 0.298. The van der Waals surface area contributed by atoms with E-state index in [-0.39, 0.29) is 5.82 Å². The highest BCUT2D eigenvalue weighted by atomic mass is 32.1. The van der Waals surface area contributed by atoms with E-state index in [1.165, 1.54) is 6.07 Å². The third kappa shape index (κ3) is 4.83. The Morgan fingerprint density at radius 2 is 1.92 bits per heavy atom. The lowest BCUT2D eigenvalue weighted by Gasteiger charge is -2.19. The van der Waals surface area contributed by atoms with Gasteiger partial charge in [-0.1, -0.05) is 0 Å². The summed E-state index contributed by atoms with van der Waals surface area (Å²) in [6, 6.07) is 6.70. The number of nitrogens with one attached hydrogen (secondary N) is 2. The predicted octanol–water partition coefficient (Wildman–Crippen LogP) is 3.37. The van der Waals surface area contributed by atoms with E-state index in [2.05, 4.69) is 15.6 Å². The highest BCUT2D eigenvalue weighted by Gasteiger charge is 2.12. The summed E-state index contributed by atoms with van der Waals surface area (Å²) >= 11 is 5.25. The summed E-state index contributed by atoms with van der Waals surface area (Å²) in [6.45, 7) is 7.12. The molecule has 0 saturated heterocycles. The Labute approximate surface area is 146 Å². The van der Waals surface area contributed by atoms with Crippen LogP contribution in [0.15, 0.2) is 24.3 Å². The van der Waals surface area contributed by atoms with Gasteiger partial charge >= 0.3 is 0 Å². The van der Waals surface area contributed by atoms with Crippen molar-refractivity contribution in [2.24, 2.45) is 0 Å². The molecule has 0 atom stereocenters. The molecule has 0 fully saturated rings. The van der Waals surface area contributed by atoms with Gasteiger partial charge in [-0.05, 0) is 57.3 Å². The normalized spacial score (nSPS) is 11.0. The number of ether oxygens (including phenoxy) is 2. The van der Waals surface area contributed by atoms with Crippen LogP contribution in [0.25, 0.3) is 10.9 Å². The van der Waals surface area contributed by atoms with Gasteiger partial charge < -0.3 is 20.1 Å². The van der Waals surface area contributed by atoms with Crippen molar-refractivity contribution < 1.29 is 13.9 Å². The average Bonchev–Trinajstić information content (AvgIpc) is 2.55. The summed E-state index contributed by atoms with van der Waals surface area (Å²) in [4.78, 5) is 4.40. The van der Waals surface area contributed by atoms with Crippen LogP contribution in [0.5, 0.6) is 0 Å². The summed E-state index contributed by atoms with van der Waals surface area (Å²) in [5.74, 6) is -0.386. The molecule has 0 spiro atoms. The molecule has 5 nitrogen and oxygen atoms in total. The van der Waals surface area contributed by atoms with E-state index in [0.29, 0.717) is 41.5 Å². The zero-order valence-corrected chi connectivity index (χ0v) is 14.9. The van der Waals surface area contributed by atoms with Gasteiger partial charge in [-0.2, -0.15) is 0 Å². The van der Waals surface area contributed by atoms with Crippen molar-refractivity contribution in [3.05, 3.63) is 35.8 Å². The molecule has 0 bridgehead atoms. The summed E-state index contributed by atoms with van der Waals surface area (Å²) in [5.41, 5.74) is 1.89. The van der Waals surface area contributed by atoms with Crippen LogP contribution in [0.4, 0.5) is 10.1 Å². The number of benzene rings is 1. The van der Waals surface area contributed by atoms with E-state index in [1.54, 1.807) is 6.07 Å². The van der Waals surface area contributed by atoms with Crippen molar-refractivity contribution >= 4 is 33.9 Å². The van der Waals surface area contributed by atoms with Crippen LogP contribution in [0.1, 0.15) is 19.5 Å². The first-order chi connectivity index (χ1) is 11.5. The van der Waals surface area contributed by atoms with E-state index in [9.17, 15) is 4.39 Å². The largest absolute Gasteiger partial charge is 0.357 e. The second-order valence-corrected chi connectivity index (χ2v) is 5.53. The molecule has 7 heteroatoms. The van der Waals surface area contributed by atoms with E-state index in [4.69, 9.17) is 21.7 Å². The molecular weight excluding hydrogens is 329 g/mol. The number of nitrogens with zero attached hydrogens (tertiary/aromatic N) is 1. The molecule has 130 valence electrons. The van der Waals surface area contributed by atoms with Crippen molar-refractivity contribution in [2.75, 3.05) is 25.1 Å². The number of aryl methyl sites for hydroxylation is 1. The van der Waals surface area contributed by atoms with Gasteiger partial charge in [0.2, 0.25) is 0 Å². The van der Waals surface area contributed by atoms with Gasteiger partial charge in [-0.3, -0.25) is 4.98 Å². The first kappa shape index (κ1) is 18.5. The quantitative estimate of drug-likeness (QED) is 0.589. The number of rotatable bonds is 7. The summed E-state index contributed by atoms with van der Waals surface area (Å²) in [5, 5.41) is 6.87. The van der Waals surface area contributed by atoms with Crippen LogP contribution >= 0.6 is 12.2 Å². The van der Waals surface area contributed by atoms with Crippen molar-refractivity contribution in [3.63, 3.8) is 0 Å². The fourth-order valence-electron chi connectivity index (χ4n) is 2.28. The Kier molecular flexibility index (Phi) is 6.84. The van der Waals surface area contributed by atoms with Crippen molar-refractivity contribution in [3.8, 4) is 0 Å². The molecule has 0 saturated carbocycles. The Morgan fingerprint density at radius 1 is 1.21 bits per heavy atom. The number of hydrogen-bond acceptors (Lipinski definition) is 4. The maximum atomic E-state index is 14.2. The number of pyridine rings is 1. The standard InChI is InChI=1S/C17H22FN3O2S/c1-4-22-15(23-5-2)10-19-17(24)21-16-12-7-6-11(3)20-14(12)9-8-13(16)18/h6-9,15H,4-5,10H2,1-3H3,(H2,19,21,24). The van der Waals surface area contributed by atoms with Crippen molar-refractivity contribution in [1.29, 1.82) is 0 Å². The lowest BCUT2D eigenvalue weighted by molar-refractivity contribution is -0.130. The predicted molar refractivity (Wildman–Crippen MR) is 97.7 cm³/mol. The molecule has 2 rings (SSSR count). The maximum Gasteiger partial charge on any atom is 0.174 e. The van der Waals surface area contributed by atoms with Gasteiger partial charge in [0.05, 0.1) is 17.7 Å². The van der Waals surface area contributed by atoms with Crippen LogP contribution < -0.4 is 10.6 Å². The number of fused-ring (bicyclic) bond motifs is 1. The summed E-state index contributed by atoms with van der Waals surface area (Å²) in [7, 11) is 0. The monoisotopic (exact) mass is 351 g/mol. The molecular formula is C17H22FN3O2S. The minimum atomic E-state index is -0.401. The minimum Gasteiger partial charge on any atom is -0.357 e. The highest BCUT2D eigenvalue weighted by molar-refractivity contribution is 7.80. The molecule has 24 heavy (non-hydrogen) atoms. The van der Waals surface area contributed by atoms with Crippen LogP contribution in [0, 0.1) is 12.7 Å². The Hall–Kier alpha value is -1.83. The topological polar surface area (TPSA) is 55.4 Å². The third-order valence-corrected chi connectivity index (χ3v) is 3.58. The van der Waals surface area contributed by atoms with E-state index in [0.717, 1.165) is 5.69 Å². The van der Waals surface area contributed by atoms with Crippen LogP contribution in [-0.2, 0) is 9.47 Å². The first-order valence-electron chi connectivity index (χ1n) is 7.89. The number of hydrogen-bond donors (Lipinski definition) is 2. The van der Waals surface area contributed by atoms with Gasteiger partial charge in [-0.25, -0.2) is 4.39 Å². The first-order valence-corrected chi connectivity index (χ1v) is 8.29. The molecule has 1 aromatic carbocycles. The Morgan fingerprint density at radius 3 is 2.58 bits per heavy atom. The summed E-state index contributed by atoms with van der Waals surface area (Å²) < 4.78 is 25.1. The maximum absolute atomic E-state index is 14.2. The van der Waals surface area contributed by atoms with Crippen molar-refractivity contribution in [1.82, 2.24) is 10.3 Å². The van der Waals surface area contributed by atoms with Gasteiger partial charge in [0.25, 0.3) is 0 Å². The fourth-order valence-corrected chi connectivity index (χ4v) is 2.46. The summed E-state index contributed by atoms with van der Waals surface area (Å²) in [6.07, 6.45) is -0.401. The number of thiocarbonyl (C=S) groups is 1. The molecule has 0 aliphatic rings. The smallest absolute Gasteiger partial charge is 0.174 e. The lowest BCUT2D eigenvalue weighted by atomic mass is 10.1. The van der Waals surface area contributed by atoms with Gasteiger partial charge in [-0.15, -0.1) is 0 Å². The average molecular weight is 351 g/mol. The highest BCUT2D eigenvalue weighted by Crippen LogP contribution is 2.25. The number of halogens is 1. The van der Waals surface area contributed by atoms with Gasteiger partial charge in [0, 0.05) is 24.3 Å². The molecule has 0 amide bonds. The number of aromatic nitrogens is 1. The fraction of sp³-hybridized carbons (Fsp3) is 0.412. The SMILES string of the molecule is CCOC(CNC(=S)Nc1c(F)ccc2nc(C)ccc12)OCC. The zero-order chi connectivity index (χ0) is 17.5. The molecule has 0 aliphatic carbocycles. The van der Waals surface area contributed by atoms with Gasteiger partial charge in [0.1, 0.15) is 5.82 Å². The Balaban J connectivity index is 2.08. The molecule has 1 heterocycles. The molecule has 2 aromatic rings. The molecule has 0 unspecified atom stereocenters. The molecule has 0 aliphatic heterocycles. The van der Waals surface area contributed by atoms with Gasteiger partial charge in [0.15, 0.2) is 11.4 Å².